The standard InChI is InChI=1S/C8H10O3/c1-3-4-5-7(6(2)9)8(10)11/h7H,5H2,1-2H3,(H,10,11). The number of aliphatic carboxylic acids is 1. The molecule has 0 radical (unpaired) electrons. The maximum absolute atomic E-state index is 10.6. The summed E-state index contributed by atoms with van der Waals surface area (Å²) >= 11 is 0. The number of ketones is 1. The average molecular weight is 154 g/mol. The normalized spacial score (nSPS) is 11.1. The molecule has 0 aromatic carbocycles. The number of hydrogen-bond acceptors (Lipinski definition) is 2. The Morgan fingerprint density at radius 2 is 2.09 bits per heavy atom. The van der Waals surface area contributed by atoms with E-state index < -0.39 is 11.9 Å². The molecular weight excluding hydrogens is 144 g/mol. The highest BCUT2D eigenvalue weighted by Gasteiger charge is 2.20. The first-order valence-electron chi connectivity index (χ1n) is 3.22. The van der Waals surface area contributed by atoms with Gasteiger partial charge in [-0.1, -0.05) is 0 Å². The average Bonchev–Trinajstić information content (AvgIpc) is 1.87. The predicted octanol–water partition coefficient (Wildman–Crippen LogP) is 0.690. The van der Waals surface area contributed by atoms with Gasteiger partial charge in [-0.3, -0.25) is 9.59 Å². The molecule has 0 aliphatic heterocycles. The summed E-state index contributed by atoms with van der Waals surface area (Å²) in [4.78, 5) is 21.0. The van der Waals surface area contributed by atoms with E-state index in [1.165, 1.54) is 6.92 Å². The van der Waals surface area contributed by atoms with Gasteiger partial charge in [-0.2, -0.15) is 0 Å². The molecule has 0 aliphatic rings. The zero-order valence-electron chi connectivity index (χ0n) is 6.55. The van der Waals surface area contributed by atoms with Gasteiger partial charge in [0.1, 0.15) is 11.7 Å². The van der Waals surface area contributed by atoms with Crippen molar-refractivity contribution in [1.82, 2.24) is 0 Å². The smallest absolute Gasteiger partial charge is 0.315 e. The lowest BCUT2D eigenvalue weighted by molar-refractivity contribution is -0.145. The Labute approximate surface area is 65.4 Å². The second-order valence-electron chi connectivity index (χ2n) is 2.13. The topological polar surface area (TPSA) is 54.4 Å². The van der Waals surface area contributed by atoms with Gasteiger partial charge in [0.05, 0.1) is 0 Å². The van der Waals surface area contributed by atoms with Crippen LogP contribution in [0, 0.1) is 17.8 Å². The minimum absolute atomic E-state index is 0.112. The van der Waals surface area contributed by atoms with Gasteiger partial charge in [0.2, 0.25) is 0 Å². The van der Waals surface area contributed by atoms with E-state index >= 15 is 0 Å². The second kappa shape index (κ2) is 4.51. The van der Waals surface area contributed by atoms with E-state index in [2.05, 4.69) is 11.8 Å². The zero-order chi connectivity index (χ0) is 8.85. The largest absolute Gasteiger partial charge is 0.481 e. The van der Waals surface area contributed by atoms with Crippen LogP contribution in [0.25, 0.3) is 0 Å². The van der Waals surface area contributed by atoms with E-state index in [1.54, 1.807) is 6.92 Å². The summed E-state index contributed by atoms with van der Waals surface area (Å²) in [5, 5.41) is 8.48. The van der Waals surface area contributed by atoms with Crippen LogP contribution in [0.5, 0.6) is 0 Å². The van der Waals surface area contributed by atoms with Crippen molar-refractivity contribution in [1.29, 1.82) is 0 Å². The van der Waals surface area contributed by atoms with Gasteiger partial charge in [-0.25, -0.2) is 0 Å². The van der Waals surface area contributed by atoms with Crippen molar-refractivity contribution < 1.29 is 14.7 Å². The van der Waals surface area contributed by atoms with Crippen molar-refractivity contribution in [3.63, 3.8) is 0 Å². The van der Waals surface area contributed by atoms with E-state index in [9.17, 15) is 9.59 Å². The molecular formula is C8H10O3. The third-order valence-corrected chi connectivity index (χ3v) is 1.27. The summed E-state index contributed by atoms with van der Waals surface area (Å²) in [7, 11) is 0. The Hall–Kier alpha value is -1.30. The molecule has 0 bridgehead atoms. The quantitative estimate of drug-likeness (QED) is 0.480. The predicted molar refractivity (Wildman–Crippen MR) is 39.9 cm³/mol. The molecule has 60 valence electrons. The Bertz CT molecular complexity index is 205. The molecule has 3 nitrogen and oxygen atoms in total. The molecule has 0 aliphatic carbocycles. The van der Waals surface area contributed by atoms with Crippen molar-refractivity contribution in [2.24, 2.45) is 5.92 Å². The lowest BCUT2D eigenvalue weighted by atomic mass is 10.0. The first-order chi connectivity index (χ1) is 5.09. The van der Waals surface area contributed by atoms with Gasteiger partial charge in [0, 0.05) is 6.42 Å². The highest BCUT2D eigenvalue weighted by Crippen LogP contribution is 2.03. The maximum atomic E-state index is 10.6. The summed E-state index contributed by atoms with van der Waals surface area (Å²) in [6, 6.07) is 0. The van der Waals surface area contributed by atoms with Gasteiger partial charge >= 0.3 is 5.97 Å². The summed E-state index contributed by atoms with van der Waals surface area (Å²) in [6.45, 7) is 2.87. The van der Waals surface area contributed by atoms with Gasteiger partial charge in [0.15, 0.2) is 0 Å². The summed E-state index contributed by atoms with van der Waals surface area (Å²) in [5.74, 6) is 2.70. The minimum atomic E-state index is -1.10. The molecule has 0 heterocycles. The molecule has 0 saturated heterocycles. The van der Waals surface area contributed by atoms with E-state index in [1.807, 2.05) is 0 Å². The van der Waals surface area contributed by atoms with E-state index in [0.29, 0.717) is 0 Å². The molecule has 0 rings (SSSR count). The van der Waals surface area contributed by atoms with Crippen LogP contribution >= 0.6 is 0 Å². The number of carbonyl (C=O) groups is 2. The number of carbonyl (C=O) groups excluding carboxylic acids is 1. The molecule has 0 aromatic heterocycles. The van der Waals surface area contributed by atoms with Crippen molar-refractivity contribution in [3.8, 4) is 11.8 Å². The van der Waals surface area contributed by atoms with Crippen LogP contribution in [0.2, 0.25) is 0 Å². The molecule has 0 amide bonds. The number of Topliss-reactive ketones (excluding diaryl/α,β-unsaturated/α-hetero) is 1. The highest BCUT2D eigenvalue weighted by atomic mass is 16.4. The van der Waals surface area contributed by atoms with E-state index in [0.717, 1.165) is 0 Å². The lowest BCUT2D eigenvalue weighted by Crippen LogP contribution is -2.20. The third-order valence-electron chi connectivity index (χ3n) is 1.27. The first kappa shape index (κ1) is 9.70. The summed E-state index contributed by atoms with van der Waals surface area (Å²) in [5.41, 5.74) is 0. The van der Waals surface area contributed by atoms with Crippen LogP contribution in [0.1, 0.15) is 20.3 Å². The van der Waals surface area contributed by atoms with Crippen LogP contribution in [0.15, 0.2) is 0 Å². The zero-order valence-corrected chi connectivity index (χ0v) is 6.55. The van der Waals surface area contributed by atoms with Gasteiger partial charge in [0.25, 0.3) is 0 Å². The molecule has 0 aromatic rings. The lowest BCUT2D eigenvalue weighted by Gasteiger charge is -2.01. The molecule has 0 spiro atoms. The molecule has 1 unspecified atom stereocenters. The van der Waals surface area contributed by atoms with Crippen molar-refractivity contribution in [2.75, 3.05) is 0 Å². The Kier molecular flexibility index (Phi) is 3.97. The Balaban J connectivity index is 4.19. The van der Waals surface area contributed by atoms with Crippen LogP contribution < -0.4 is 0 Å². The van der Waals surface area contributed by atoms with Gasteiger partial charge < -0.3 is 5.11 Å². The number of carboxylic acid groups (broad SMARTS) is 1. The van der Waals surface area contributed by atoms with Crippen LogP contribution in [-0.4, -0.2) is 16.9 Å². The molecule has 1 N–H and O–H groups in total. The monoisotopic (exact) mass is 154 g/mol. The highest BCUT2D eigenvalue weighted by molar-refractivity contribution is 5.97. The van der Waals surface area contributed by atoms with E-state index in [-0.39, 0.29) is 12.2 Å². The van der Waals surface area contributed by atoms with Crippen LogP contribution in [-0.2, 0) is 9.59 Å². The summed E-state index contributed by atoms with van der Waals surface area (Å²) in [6.07, 6.45) is 0.112. The summed E-state index contributed by atoms with van der Waals surface area (Å²) < 4.78 is 0. The number of hydrogen-bond donors (Lipinski definition) is 1. The Morgan fingerprint density at radius 1 is 1.55 bits per heavy atom. The van der Waals surface area contributed by atoms with Crippen LogP contribution in [0.3, 0.4) is 0 Å². The number of rotatable bonds is 3. The molecule has 3 heteroatoms. The van der Waals surface area contributed by atoms with Crippen molar-refractivity contribution in [2.45, 2.75) is 20.3 Å². The first-order valence-corrected chi connectivity index (χ1v) is 3.22. The molecule has 11 heavy (non-hydrogen) atoms. The second-order valence-corrected chi connectivity index (χ2v) is 2.13. The number of carboxylic acids is 1. The SMILES string of the molecule is CC#CCC(C(C)=O)C(=O)O. The van der Waals surface area contributed by atoms with Gasteiger partial charge in [-0.05, 0) is 13.8 Å². The minimum Gasteiger partial charge on any atom is -0.481 e. The van der Waals surface area contributed by atoms with E-state index in [4.69, 9.17) is 5.11 Å². The van der Waals surface area contributed by atoms with Crippen molar-refractivity contribution >= 4 is 11.8 Å². The maximum Gasteiger partial charge on any atom is 0.315 e. The third kappa shape index (κ3) is 3.41. The van der Waals surface area contributed by atoms with Crippen LogP contribution in [0.4, 0.5) is 0 Å². The molecule has 0 saturated carbocycles. The fourth-order valence-electron chi connectivity index (χ4n) is 0.609. The molecule has 1 atom stereocenters. The fourth-order valence-corrected chi connectivity index (χ4v) is 0.609. The van der Waals surface area contributed by atoms with Gasteiger partial charge in [-0.15, -0.1) is 11.8 Å². The van der Waals surface area contributed by atoms with Crippen molar-refractivity contribution in [3.05, 3.63) is 0 Å². The molecule has 0 fully saturated rings. The Morgan fingerprint density at radius 3 is 2.36 bits per heavy atom. The fraction of sp³-hybridized carbons (Fsp3) is 0.500.